The molecular formula is C23H21ClN4O3. The molecule has 2 heterocycles. The summed E-state index contributed by atoms with van der Waals surface area (Å²) in [7, 11) is 1.56. The molecule has 0 saturated carbocycles. The monoisotopic (exact) mass is 436 g/mol. The van der Waals surface area contributed by atoms with Gasteiger partial charge in [0.05, 0.1) is 46.6 Å². The summed E-state index contributed by atoms with van der Waals surface area (Å²) in [5, 5.41) is 23.7. The van der Waals surface area contributed by atoms with Crippen LogP contribution in [-0.4, -0.2) is 47.2 Å². The number of aliphatic hydroxyl groups excluding tert-OH is 1. The number of carbonyl (C=O) groups excluding carboxylic acids is 1. The number of amides is 1. The van der Waals surface area contributed by atoms with Crippen molar-refractivity contribution < 1.29 is 14.6 Å². The average Bonchev–Trinajstić information content (AvgIpc) is 3.22. The minimum atomic E-state index is -0.514. The van der Waals surface area contributed by atoms with Gasteiger partial charge in [-0.25, -0.2) is 0 Å². The van der Waals surface area contributed by atoms with Crippen LogP contribution in [0.4, 0.5) is 5.69 Å². The van der Waals surface area contributed by atoms with Gasteiger partial charge in [0.2, 0.25) is 0 Å². The van der Waals surface area contributed by atoms with Gasteiger partial charge in [0.1, 0.15) is 5.75 Å². The number of aliphatic hydroxyl groups is 1. The average molecular weight is 437 g/mol. The number of β-amino-alcohol motifs (C(OH)–C–C–N with tert-alkyl or cyclic N) is 1. The van der Waals surface area contributed by atoms with E-state index in [9.17, 15) is 15.2 Å². The molecule has 0 radical (unpaired) electrons. The molecule has 1 aliphatic rings. The summed E-state index contributed by atoms with van der Waals surface area (Å²) in [5.41, 5.74) is 3.05. The number of hydrogen-bond acceptors (Lipinski definition) is 6. The number of halogens is 1. The second-order valence-corrected chi connectivity index (χ2v) is 7.81. The lowest BCUT2D eigenvalue weighted by molar-refractivity contribution is 0.0765. The molecule has 0 aliphatic carbocycles. The Labute approximate surface area is 184 Å². The summed E-state index contributed by atoms with van der Waals surface area (Å²) in [5.74, 6) is 0.380. The summed E-state index contributed by atoms with van der Waals surface area (Å²) >= 11 is 6.24. The third-order valence-electron chi connectivity index (χ3n) is 5.36. The lowest BCUT2D eigenvalue weighted by Crippen LogP contribution is -2.30. The van der Waals surface area contributed by atoms with Crippen molar-refractivity contribution >= 4 is 34.1 Å². The highest BCUT2D eigenvalue weighted by Crippen LogP contribution is 2.30. The zero-order valence-electron chi connectivity index (χ0n) is 16.9. The first-order valence-corrected chi connectivity index (χ1v) is 10.2. The van der Waals surface area contributed by atoms with Gasteiger partial charge >= 0.3 is 0 Å². The highest BCUT2D eigenvalue weighted by Gasteiger charge is 2.28. The van der Waals surface area contributed by atoms with Crippen LogP contribution < -0.4 is 10.1 Å². The number of rotatable bonds is 5. The van der Waals surface area contributed by atoms with Crippen molar-refractivity contribution in [1.82, 2.24) is 9.88 Å². The Morgan fingerprint density at radius 1 is 1.39 bits per heavy atom. The quantitative estimate of drug-likeness (QED) is 0.634. The minimum absolute atomic E-state index is 0.205. The summed E-state index contributed by atoms with van der Waals surface area (Å²) in [4.78, 5) is 19.2. The van der Waals surface area contributed by atoms with Gasteiger partial charge in [-0.3, -0.25) is 9.78 Å². The number of benzene rings is 2. The highest BCUT2D eigenvalue weighted by atomic mass is 35.5. The maximum atomic E-state index is 13.2. The first-order valence-electron chi connectivity index (χ1n) is 9.86. The van der Waals surface area contributed by atoms with Crippen LogP contribution in [-0.2, 0) is 6.54 Å². The van der Waals surface area contributed by atoms with Crippen molar-refractivity contribution in [1.29, 1.82) is 5.26 Å². The van der Waals surface area contributed by atoms with Gasteiger partial charge in [0, 0.05) is 31.2 Å². The van der Waals surface area contributed by atoms with E-state index in [-0.39, 0.29) is 5.91 Å². The summed E-state index contributed by atoms with van der Waals surface area (Å²) in [6.45, 7) is 1.19. The van der Waals surface area contributed by atoms with Crippen LogP contribution >= 0.6 is 11.6 Å². The van der Waals surface area contributed by atoms with E-state index in [2.05, 4.69) is 16.4 Å². The van der Waals surface area contributed by atoms with Crippen molar-refractivity contribution in [2.24, 2.45) is 0 Å². The third-order valence-corrected chi connectivity index (χ3v) is 5.66. The molecule has 1 amide bonds. The van der Waals surface area contributed by atoms with Gasteiger partial charge in [-0.15, -0.1) is 0 Å². The normalized spacial score (nSPS) is 15.7. The Hall–Kier alpha value is -3.34. The molecule has 8 heteroatoms. The Balaban J connectivity index is 1.73. The van der Waals surface area contributed by atoms with Crippen LogP contribution in [0.2, 0.25) is 5.02 Å². The second-order valence-electron chi connectivity index (χ2n) is 7.41. The molecule has 0 bridgehead atoms. The predicted octanol–water partition coefficient (Wildman–Crippen LogP) is 3.59. The van der Waals surface area contributed by atoms with Crippen LogP contribution in [0.15, 0.2) is 42.6 Å². The fourth-order valence-corrected chi connectivity index (χ4v) is 4.00. The number of anilines is 1. The predicted molar refractivity (Wildman–Crippen MR) is 118 cm³/mol. The third kappa shape index (κ3) is 4.26. The zero-order valence-corrected chi connectivity index (χ0v) is 17.7. The van der Waals surface area contributed by atoms with E-state index in [4.69, 9.17) is 16.3 Å². The van der Waals surface area contributed by atoms with E-state index >= 15 is 0 Å². The van der Waals surface area contributed by atoms with Crippen molar-refractivity contribution in [2.45, 2.75) is 19.1 Å². The second kappa shape index (κ2) is 8.80. The van der Waals surface area contributed by atoms with Crippen LogP contribution in [0.3, 0.4) is 0 Å². The Kier molecular flexibility index (Phi) is 5.94. The van der Waals surface area contributed by atoms with Gasteiger partial charge < -0.3 is 20.1 Å². The smallest absolute Gasteiger partial charge is 0.257 e. The number of carbonyl (C=O) groups is 1. The molecule has 7 nitrogen and oxygen atoms in total. The van der Waals surface area contributed by atoms with Crippen LogP contribution in [0.5, 0.6) is 5.75 Å². The molecule has 31 heavy (non-hydrogen) atoms. The number of likely N-dealkylation sites (tertiary alicyclic amines) is 1. The van der Waals surface area contributed by atoms with Gasteiger partial charge in [0.15, 0.2) is 0 Å². The number of nitriles is 1. The van der Waals surface area contributed by atoms with Crippen LogP contribution in [0, 0.1) is 11.3 Å². The zero-order chi connectivity index (χ0) is 22.0. The SMILES string of the molecule is COc1ccc(CNc2c(C(=O)N3CCC(O)C3)cnc3ccc(C#N)cc23)cc1Cl. The maximum Gasteiger partial charge on any atom is 0.257 e. The van der Waals surface area contributed by atoms with Gasteiger partial charge in [0.25, 0.3) is 5.91 Å². The molecule has 1 atom stereocenters. The number of fused-ring (bicyclic) bond motifs is 1. The molecule has 1 unspecified atom stereocenters. The first kappa shape index (κ1) is 20.9. The van der Waals surface area contributed by atoms with E-state index in [0.717, 1.165) is 5.56 Å². The van der Waals surface area contributed by atoms with Crippen molar-refractivity contribution in [3.8, 4) is 11.8 Å². The van der Waals surface area contributed by atoms with E-state index in [1.165, 1.54) is 0 Å². The molecule has 1 fully saturated rings. The molecule has 2 N–H and O–H groups in total. The van der Waals surface area contributed by atoms with E-state index in [1.807, 2.05) is 6.07 Å². The highest BCUT2D eigenvalue weighted by molar-refractivity contribution is 6.32. The number of pyridine rings is 1. The van der Waals surface area contributed by atoms with E-state index < -0.39 is 6.10 Å². The van der Waals surface area contributed by atoms with Crippen LogP contribution in [0.1, 0.15) is 27.9 Å². The van der Waals surface area contributed by atoms with E-state index in [1.54, 1.807) is 48.5 Å². The number of aromatic nitrogens is 1. The number of hydrogen-bond donors (Lipinski definition) is 2. The molecule has 0 spiro atoms. The molecule has 1 aromatic heterocycles. The van der Waals surface area contributed by atoms with Crippen LogP contribution in [0.25, 0.3) is 10.9 Å². The van der Waals surface area contributed by atoms with Gasteiger partial charge in [-0.2, -0.15) is 5.26 Å². The van der Waals surface area contributed by atoms with Crippen molar-refractivity contribution in [3.05, 3.63) is 64.3 Å². The summed E-state index contributed by atoms with van der Waals surface area (Å²) < 4.78 is 5.20. The molecule has 4 rings (SSSR count). The lowest BCUT2D eigenvalue weighted by Gasteiger charge is -2.20. The molecule has 1 aliphatic heterocycles. The number of nitrogens with one attached hydrogen (secondary N) is 1. The number of nitrogens with zero attached hydrogens (tertiary/aromatic N) is 3. The minimum Gasteiger partial charge on any atom is -0.495 e. The van der Waals surface area contributed by atoms with E-state index in [0.29, 0.717) is 64.5 Å². The molecule has 3 aromatic rings. The fourth-order valence-electron chi connectivity index (χ4n) is 3.72. The summed E-state index contributed by atoms with van der Waals surface area (Å²) in [6, 6.07) is 12.8. The molecular weight excluding hydrogens is 416 g/mol. The van der Waals surface area contributed by atoms with Crippen molar-refractivity contribution in [2.75, 3.05) is 25.5 Å². The first-order chi connectivity index (χ1) is 15.0. The lowest BCUT2D eigenvalue weighted by atomic mass is 10.1. The van der Waals surface area contributed by atoms with Crippen molar-refractivity contribution in [3.63, 3.8) is 0 Å². The molecule has 158 valence electrons. The Morgan fingerprint density at radius 3 is 2.90 bits per heavy atom. The summed E-state index contributed by atoms with van der Waals surface area (Å²) in [6.07, 6.45) is 1.59. The molecule has 2 aromatic carbocycles. The Bertz CT molecular complexity index is 1190. The van der Waals surface area contributed by atoms with Gasteiger partial charge in [-0.1, -0.05) is 17.7 Å². The topological polar surface area (TPSA) is 98.5 Å². The van der Waals surface area contributed by atoms with Gasteiger partial charge in [-0.05, 0) is 42.3 Å². The Morgan fingerprint density at radius 2 is 2.23 bits per heavy atom. The fraction of sp³-hybridized carbons (Fsp3) is 0.261. The maximum absolute atomic E-state index is 13.2. The largest absolute Gasteiger partial charge is 0.495 e. The number of ether oxygens (including phenoxy) is 1. The molecule has 1 saturated heterocycles. The number of methoxy groups -OCH3 is 1. The standard InChI is InChI=1S/C23H21ClN4O3/c1-31-21-5-3-15(9-19(21)24)11-27-22-17-8-14(10-25)2-4-20(17)26-12-18(22)23(30)28-7-6-16(29)13-28/h2-5,8-9,12,16,29H,6-7,11,13H2,1H3,(H,26,27).